The van der Waals surface area contributed by atoms with Crippen molar-refractivity contribution in [1.29, 1.82) is 0 Å². The number of aryl methyl sites for hydroxylation is 3. The molecule has 0 atom stereocenters. The highest BCUT2D eigenvalue weighted by atomic mass is 15.3. The molecule has 0 aromatic carbocycles. The minimum atomic E-state index is 0.780. The summed E-state index contributed by atoms with van der Waals surface area (Å²) in [5, 5.41) is 4.36. The quantitative estimate of drug-likeness (QED) is 0.637. The van der Waals surface area contributed by atoms with E-state index >= 15 is 0 Å². The average molecular weight is 227 g/mol. The monoisotopic (exact) mass is 227 g/mol. The molecule has 0 unspecified atom stereocenters. The van der Waals surface area contributed by atoms with E-state index in [-0.39, 0.29) is 0 Å². The number of aromatic nitrogens is 5. The third-order valence-electron chi connectivity index (χ3n) is 2.80. The molecule has 0 aliphatic carbocycles. The largest absolute Gasteiger partial charge is 0.304 e. The van der Waals surface area contributed by atoms with E-state index in [9.17, 15) is 0 Å². The normalized spacial score (nSPS) is 11.2. The first-order valence-corrected chi connectivity index (χ1v) is 5.49. The van der Waals surface area contributed by atoms with Gasteiger partial charge in [-0.25, -0.2) is 14.6 Å². The summed E-state index contributed by atoms with van der Waals surface area (Å²) in [4.78, 5) is 8.64. The van der Waals surface area contributed by atoms with Crippen LogP contribution in [0.3, 0.4) is 0 Å². The van der Waals surface area contributed by atoms with Gasteiger partial charge in [0.15, 0.2) is 0 Å². The third-order valence-corrected chi connectivity index (χ3v) is 2.80. The summed E-state index contributed by atoms with van der Waals surface area (Å²) >= 11 is 0. The van der Waals surface area contributed by atoms with E-state index in [0.29, 0.717) is 0 Å². The molecule has 0 saturated heterocycles. The lowest BCUT2D eigenvalue weighted by molar-refractivity contribution is 0.828. The standard InChI is InChI=1S/C12H13N5/c1-8-7-13-12-6-11(4-5-16(8)12)17-10(3)14-9(2)15-17/h4-7H,1-3H3. The second kappa shape index (κ2) is 3.41. The van der Waals surface area contributed by atoms with Gasteiger partial charge in [-0.05, 0) is 26.8 Å². The molecule has 0 spiro atoms. The molecule has 3 aromatic rings. The molecular weight excluding hydrogens is 214 g/mol. The van der Waals surface area contributed by atoms with Gasteiger partial charge in [-0.3, -0.25) is 0 Å². The van der Waals surface area contributed by atoms with Crippen LogP contribution in [0.4, 0.5) is 0 Å². The van der Waals surface area contributed by atoms with Crippen LogP contribution in [0.15, 0.2) is 24.5 Å². The summed E-state index contributed by atoms with van der Waals surface area (Å²) < 4.78 is 3.88. The summed E-state index contributed by atoms with van der Waals surface area (Å²) in [5.74, 6) is 1.66. The Morgan fingerprint density at radius 3 is 2.71 bits per heavy atom. The minimum absolute atomic E-state index is 0.780. The third kappa shape index (κ3) is 1.51. The molecule has 86 valence electrons. The summed E-state index contributed by atoms with van der Waals surface area (Å²) in [6.07, 6.45) is 3.86. The van der Waals surface area contributed by atoms with Crippen molar-refractivity contribution >= 4 is 5.65 Å². The van der Waals surface area contributed by atoms with E-state index in [2.05, 4.69) is 15.1 Å². The molecule has 5 heteroatoms. The van der Waals surface area contributed by atoms with Crippen molar-refractivity contribution in [1.82, 2.24) is 24.1 Å². The van der Waals surface area contributed by atoms with Gasteiger partial charge in [0.2, 0.25) is 0 Å². The molecule has 0 radical (unpaired) electrons. The Bertz CT molecular complexity index is 692. The highest BCUT2D eigenvalue weighted by Crippen LogP contribution is 2.13. The van der Waals surface area contributed by atoms with Gasteiger partial charge >= 0.3 is 0 Å². The van der Waals surface area contributed by atoms with Crippen LogP contribution in [0.25, 0.3) is 11.3 Å². The molecule has 5 nitrogen and oxygen atoms in total. The number of nitrogens with zero attached hydrogens (tertiary/aromatic N) is 5. The van der Waals surface area contributed by atoms with Gasteiger partial charge in [-0.2, -0.15) is 5.10 Å². The van der Waals surface area contributed by atoms with Crippen LogP contribution in [0.2, 0.25) is 0 Å². The SMILES string of the molecule is Cc1nc(C)n(-c2ccn3c(C)cnc3c2)n1. The van der Waals surface area contributed by atoms with E-state index in [1.807, 2.05) is 54.4 Å². The first-order chi connectivity index (χ1) is 8.15. The zero-order chi connectivity index (χ0) is 12.0. The van der Waals surface area contributed by atoms with Gasteiger partial charge in [0.1, 0.15) is 17.3 Å². The molecule has 0 N–H and O–H groups in total. The van der Waals surface area contributed by atoms with E-state index < -0.39 is 0 Å². The average Bonchev–Trinajstić information content (AvgIpc) is 2.82. The maximum Gasteiger partial charge on any atom is 0.148 e. The van der Waals surface area contributed by atoms with Crippen molar-refractivity contribution in [3.05, 3.63) is 41.9 Å². The van der Waals surface area contributed by atoms with Crippen molar-refractivity contribution in [2.45, 2.75) is 20.8 Å². The maximum atomic E-state index is 4.36. The Morgan fingerprint density at radius 2 is 2.00 bits per heavy atom. The molecule has 3 aromatic heterocycles. The Balaban J connectivity index is 2.21. The molecule has 0 saturated carbocycles. The Morgan fingerprint density at radius 1 is 1.18 bits per heavy atom. The van der Waals surface area contributed by atoms with Crippen molar-refractivity contribution in [3.8, 4) is 5.69 Å². The van der Waals surface area contributed by atoms with Gasteiger partial charge in [-0.15, -0.1) is 0 Å². The number of pyridine rings is 1. The zero-order valence-corrected chi connectivity index (χ0v) is 10.0. The minimum Gasteiger partial charge on any atom is -0.304 e. The maximum absolute atomic E-state index is 4.36. The van der Waals surface area contributed by atoms with E-state index in [0.717, 1.165) is 28.7 Å². The summed E-state index contributed by atoms with van der Waals surface area (Å²) in [5.41, 5.74) is 3.03. The molecule has 0 bridgehead atoms. The second-order valence-corrected chi connectivity index (χ2v) is 4.13. The molecule has 0 aliphatic heterocycles. The van der Waals surface area contributed by atoms with Crippen molar-refractivity contribution < 1.29 is 0 Å². The topological polar surface area (TPSA) is 48.0 Å². The van der Waals surface area contributed by atoms with Gasteiger partial charge < -0.3 is 4.40 Å². The predicted octanol–water partition coefficient (Wildman–Crippen LogP) is 1.84. The Labute approximate surface area is 98.7 Å². The Hall–Kier alpha value is -2.17. The number of rotatable bonds is 1. The fourth-order valence-electron chi connectivity index (χ4n) is 1.99. The Kier molecular flexibility index (Phi) is 2.01. The van der Waals surface area contributed by atoms with Crippen LogP contribution in [-0.2, 0) is 0 Å². The smallest absolute Gasteiger partial charge is 0.148 e. The summed E-state index contributed by atoms with van der Waals surface area (Å²) in [6.45, 7) is 5.87. The molecular formula is C12H13N5. The fourth-order valence-corrected chi connectivity index (χ4v) is 1.99. The number of hydrogen-bond donors (Lipinski definition) is 0. The number of hydrogen-bond acceptors (Lipinski definition) is 3. The number of imidazole rings is 1. The van der Waals surface area contributed by atoms with Gasteiger partial charge in [-0.1, -0.05) is 0 Å². The van der Waals surface area contributed by atoms with Crippen molar-refractivity contribution in [3.63, 3.8) is 0 Å². The van der Waals surface area contributed by atoms with Crippen molar-refractivity contribution in [2.75, 3.05) is 0 Å². The van der Waals surface area contributed by atoms with Crippen molar-refractivity contribution in [2.24, 2.45) is 0 Å². The predicted molar refractivity (Wildman–Crippen MR) is 64.3 cm³/mol. The van der Waals surface area contributed by atoms with E-state index in [1.54, 1.807) is 0 Å². The zero-order valence-electron chi connectivity index (χ0n) is 10.0. The first-order valence-electron chi connectivity index (χ1n) is 5.49. The van der Waals surface area contributed by atoms with Crippen LogP contribution in [0, 0.1) is 20.8 Å². The van der Waals surface area contributed by atoms with Gasteiger partial charge in [0, 0.05) is 24.2 Å². The van der Waals surface area contributed by atoms with E-state index in [1.165, 1.54) is 0 Å². The molecule has 3 heterocycles. The van der Waals surface area contributed by atoms with Crippen LogP contribution in [0.5, 0.6) is 0 Å². The molecule has 0 amide bonds. The lowest BCUT2D eigenvalue weighted by Crippen LogP contribution is -2.00. The second-order valence-electron chi connectivity index (χ2n) is 4.13. The highest BCUT2D eigenvalue weighted by molar-refractivity contribution is 5.49. The van der Waals surface area contributed by atoms with Crippen LogP contribution in [0.1, 0.15) is 17.3 Å². The van der Waals surface area contributed by atoms with Crippen LogP contribution in [-0.4, -0.2) is 24.1 Å². The molecule has 3 rings (SSSR count). The van der Waals surface area contributed by atoms with Gasteiger partial charge in [0.05, 0.1) is 5.69 Å². The molecule has 0 aliphatic rings. The molecule has 17 heavy (non-hydrogen) atoms. The van der Waals surface area contributed by atoms with Crippen LogP contribution >= 0.6 is 0 Å². The fraction of sp³-hybridized carbons (Fsp3) is 0.250. The molecule has 0 fully saturated rings. The number of fused-ring (bicyclic) bond motifs is 1. The lowest BCUT2D eigenvalue weighted by Gasteiger charge is -2.03. The van der Waals surface area contributed by atoms with E-state index in [4.69, 9.17) is 0 Å². The highest BCUT2D eigenvalue weighted by Gasteiger charge is 2.06. The van der Waals surface area contributed by atoms with Crippen LogP contribution < -0.4 is 0 Å². The first kappa shape index (κ1) is 10.0. The van der Waals surface area contributed by atoms with Gasteiger partial charge in [0.25, 0.3) is 0 Å². The summed E-state index contributed by atoms with van der Waals surface area (Å²) in [6, 6.07) is 4.02. The summed E-state index contributed by atoms with van der Waals surface area (Å²) in [7, 11) is 0. The lowest BCUT2D eigenvalue weighted by atomic mass is 10.4.